The van der Waals surface area contributed by atoms with Crippen LogP contribution in [0.15, 0.2) is 24.4 Å². The summed E-state index contributed by atoms with van der Waals surface area (Å²) in [6.45, 7) is 11.6. The number of aromatic hydroxyl groups is 1. The first-order valence-corrected chi connectivity index (χ1v) is 8.65. The van der Waals surface area contributed by atoms with Gasteiger partial charge in [-0.3, -0.25) is 4.79 Å². The number of carbonyl (C=O) groups is 1. The van der Waals surface area contributed by atoms with Gasteiger partial charge in [0.1, 0.15) is 11.9 Å². The van der Waals surface area contributed by atoms with Gasteiger partial charge in [-0.05, 0) is 49.9 Å². The number of nitrogens with two attached hydrogens (primary N) is 1. The van der Waals surface area contributed by atoms with Gasteiger partial charge in [-0.2, -0.15) is 0 Å². The molecule has 2 atom stereocenters. The maximum atomic E-state index is 12.4. The summed E-state index contributed by atoms with van der Waals surface area (Å²) in [5.74, 6) is -0.0587. The average molecular weight is 346 g/mol. The minimum absolute atomic E-state index is 0.205. The number of benzene rings is 1. The highest BCUT2D eigenvalue weighted by molar-refractivity contribution is 5.84. The van der Waals surface area contributed by atoms with Crippen LogP contribution in [0.4, 0.5) is 0 Å². The smallest absolute Gasteiger partial charge is 0.311 e. The normalized spacial score (nSPS) is 15.2. The molecule has 0 radical (unpaired) electrons. The number of hydrogen-bond donors (Lipinski definition) is 3. The van der Waals surface area contributed by atoms with Crippen molar-refractivity contribution in [3.8, 4) is 5.75 Å². The largest absolute Gasteiger partial charge is 0.508 e. The molecule has 1 heterocycles. The molecule has 5 heteroatoms. The number of fused-ring (bicyclic) bond motifs is 1. The first kappa shape index (κ1) is 19.3. The van der Waals surface area contributed by atoms with Crippen molar-refractivity contribution in [2.75, 3.05) is 0 Å². The van der Waals surface area contributed by atoms with Crippen LogP contribution >= 0.6 is 0 Å². The number of hydrogen-bond acceptors (Lipinski definition) is 4. The van der Waals surface area contributed by atoms with E-state index in [1.54, 1.807) is 12.1 Å². The van der Waals surface area contributed by atoms with Crippen LogP contribution in [0.3, 0.4) is 0 Å². The van der Waals surface area contributed by atoms with Crippen molar-refractivity contribution in [3.63, 3.8) is 0 Å². The minimum Gasteiger partial charge on any atom is -0.508 e. The van der Waals surface area contributed by atoms with Crippen molar-refractivity contribution in [1.82, 2.24) is 4.98 Å². The second-order valence-electron chi connectivity index (χ2n) is 8.83. The molecule has 2 rings (SSSR count). The van der Waals surface area contributed by atoms with Crippen LogP contribution in [0.1, 0.15) is 47.1 Å². The molecule has 0 saturated heterocycles. The molecule has 4 N–H and O–H groups in total. The number of phenols is 1. The van der Waals surface area contributed by atoms with E-state index in [1.165, 1.54) is 0 Å². The van der Waals surface area contributed by atoms with Gasteiger partial charge < -0.3 is 20.6 Å². The van der Waals surface area contributed by atoms with Crippen LogP contribution in [0, 0.1) is 10.8 Å². The fraction of sp³-hybridized carbons (Fsp3) is 0.550. The molecule has 2 unspecified atom stereocenters. The summed E-state index contributed by atoms with van der Waals surface area (Å²) < 4.78 is 5.82. The average Bonchev–Trinajstić information content (AvgIpc) is 2.86. The van der Waals surface area contributed by atoms with E-state index in [1.807, 2.05) is 53.8 Å². The number of aromatic nitrogens is 1. The summed E-state index contributed by atoms with van der Waals surface area (Å²) in [7, 11) is 0. The molecular weight excluding hydrogens is 316 g/mol. The Bertz CT molecular complexity index is 750. The zero-order valence-electron chi connectivity index (χ0n) is 16.0. The second-order valence-corrected chi connectivity index (χ2v) is 8.83. The third kappa shape index (κ3) is 4.54. The zero-order chi connectivity index (χ0) is 19.0. The highest BCUT2D eigenvalue weighted by Crippen LogP contribution is 2.29. The number of phenolic OH excluding ortho intramolecular Hbond substituents is 1. The van der Waals surface area contributed by atoms with Gasteiger partial charge in [-0.15, -0.1) is 0 Å². The van der Waals surface area contributed by atoms with Gasteiger partial charge >= 0.3 is 5.97 Å². The Balaban J connectivity index is 2.34. The predicted octanol–water partition coefficient (Wildman–Crippen LogP) is 3.75. The molecule has 0 amide bonds. The maximum Gasteiger partial charge on any atom is 0.311 e. The van der Waals surface area contributed by atoms with Gasteiger partial charge in [0.05, 0.1) is 5.41 Å². The quantitative estimate of drug-likeness (QED) is 0.736. The molecule has 2 aromatic rings. The Labute approximate surface area is 149 Å². The lowest BCUT2D eigenvalue weighted by atomic mass is 9.82. The van der Waals surface area contributed by atoms with E-state index in [4.69, 9.17) is 10.5 Å². The van der Waals surface area contributed by atoms with Crippen LogP contribution in [0.25, 0.3) is 10.9 Å². The van der Waals surface area contributed by atoms with E-state index in [0.717, 1.165) is 16.5 Å². The Kier molecular flexibility index (Phi) is 5.19. The fourth-order valence-electron chi connectivity index (χ4n) is 2.67. The standard InChI is InChI=1S/C20H30N2O3/c1-19(2,3)17(21)16(25-18(24)20(4,5)6)9-12-11-22-15-8-7-13(23)10-14(12)15/h7-8,10-11,16-17,22-23H,9,21H2,1-6H3. The van der Waals surface area contributed by atoms with Crippen LogP contribution in [-0.4, -0.2) is 28.2 Å². The van der Waals surface area contributed by atoms with Crippen molar-refractivity contribution < 1.29 is 14.6 Å². The Morgan fingerprint density at radius 2 is 1.88 bits per heavy atom. The lowest BCUT2D eigenvalue weighted by molar-refractivity contribution is -0.161. The molecule has 0 bridgehead atoms. The van der Waals surface area contributed by atoms with Gasteiger partial charge in [-0.25, -0.2) is 0 Å². The molecule has 1 aromatic carbocycles. The van der Waals surface area contributed by atoms with E-state index < -0.39 is 11.5 Å². The summed E-state index contributed by atoms with van der Waals surface area (Å²) in [6, 6.07) is 4.86. The molecule has 5 nitrogen and oxygen atoms in total. The Morgan fingerprint density at radius 1 is 1.24 bits per heavy atom. The summed E-state index contributed by atoms with van der Waals surface area (Å²) in [5, 5.41) is 10.7. The van der Waals surface area contributed by atoms with Crippen LogP contribution in [0.2, 0.25) is 0 Å². The van der Waals surface area contributed by atoms with Gasteiger partial charge in [0.15, 0.2) is 0 Å². The predicted molar refractivity (Wildman–Crippen MR) is 100 cm³/mol. The first-order valence-electron chi connectivity index (χ1n) is 8.65. The SMILES string of the molecule is CC(C)(C)C(=O)OC(Cc1c[nH]c2ccc(O)cc12)C(N)C(C)(C)C. The number of rotatable bonds is 4. The van der Waals surface area contributed by atoms with Gasteiger partial charge in [0.2, 0.25) is 0 Å². The molecule has 0 aliphatic heterocycles. The van der Waals surface area contributed by atoms with E-state index >= 15 is 0 Å². The van der Waals surface area contributed by atoms with Crippen molar-refractivity contribution >= 4 is 16.9 Å². The van der Waals surface area contributed by atoms with Crippen molar-refractivity contribution in [2.24, 2.45) is 16.6 Å². The fourth-order valence-corrected chi connectivity index (χ4v) is 2.67. The topological polar surface area (TPSA) is 88.3 Å². The number of carbonyl (C=O) groups excluding carboxylic acids is 1. The number of ether oxygens (including phenoxy) is 1. The Morgan fingerprint density at radius 3 is 2.44 bits per heavy atom. The third-order valence-corrected chi connectivity index (χ3v) is 4.44. The van der Waals surface area contributed by atoms with Crippen LogP contribution in [0.5, 0.6) is 5.75 Å². The molecule has 1 aromatic heterocycles. The van der Waals surface area contributed by atoms with Gasteiger partial charge in [0.25, 0.3) is 0 Å². The molecule has 25 heavy (non-hydrogen) atoms. The molecule has 138 valence electrons. The molecule has 0 aliphatic carbocycles. The highest BCUT2D eigenvalue weighted by atomic mass is 16.5. The van der Waals surface area contributed by atoms with Gasteiger partial charge in [-0.1, -0.05) is 20.8 Å². The molecule has 0 spiro atoms. The second kappa shape index (κ2) is 6.71. The monoisotopic (exact) mass is 346 g/mol. The molecule has 0 saturated carbocycles. The first-order chi connectivity index (χ1) is 11.4. The lowest BCUT2D eigenvalue weighted by Crippen LogP contribution is -2.49. The Hall–Kier alpha value is -2.01. The van der Waals surface area contributed by atoms with Crippen LogP contribution < -0.4 is 5.73 Å². The minimum atomic E-state index is -0.589. The molecule has 0 aliphatic rings. The lowest BCUT2D eigenvalue weighted by Gasteiger charge is -2.35. The summed E-state index contributed by atoms with van der Waals surface area (Å²) >= 11 is 0. The molecular formula is C20H30N2O3. The number of H-pyrrole nitrogens is 1. The van der Waals surface area contributed by atoms with Crippen LogP contribution in [-0.2, 0) is 16.0 Å². The maximum absolute atomic E-state index is 12.4. The van der Waals surface area contributed by atoms with E-state index in [9.17, 15) is 9.90 Å². The van der Waals surface area contributed by atoms with E-state index in [0.29, 0.717) is 6.42 Å². The molecule has 0 fully saturated rings. The third-order valence-electron chi connectivity index (χ3n) is 4.44. The summed E-state index contributed by atoms with van der Waals surface area (Å²) in [5.41, 5.74) is 7.54. The number of nitrogens with one attached hydrogen (secondary N) is 1. The van der Waals surface area contributed by atoms with Crippen molar-refractivity contribution in [2.45, 2.75) is 60.1 Å². The van der Waals surface area contributed by atoms with Crippen molar-refractivity contribution in [1.29, 1.82) is 0 Å². The number of aromatic amines is 1. The summed E-state index contributed by atoms with van der Waals surface area (Å²) in [4.78, 5) is 15.6. The van der Waals surface area contributed by atoms with Gasteiger partial charge in [0, 0.05) is 29.6 Å². The van der Waals surface area contributed by atoms with E-state index in [-0.39, 0.29) is 23.2 Å². The van der Waals surface area contributed by atoms with E-state index in [2.05, 4.69) is 4.98 Å². The summed E-state index contributed by atoms with van der Waals surface area (Å²) in [6.07, 6.45) is 1.93. The van der Waals surface area contributed by atoms with Crippen molar-refractivity contribution in [3.05, 3.63) is 30.0 Å². The number of esters is 1. The zero-order valence-corrected chi connectivity index (χ0v) is 16.0. The highest BCUT2D eigenvalue weighted by Gasteiger charge is 2.35.